The van der Waals surface area contributed by atoms with Crippen LogP contribution in [0.25, 0.3) is 10.9 Å². The first-order valence-electron chi connectivity index (χ1n) is 10.3. The Balaban J connectivity index is 1.53. The van der Waals surface area contributed by atoms with Gasteiger partial charge in [-0.2, -0.15) is 0 Å². The Morgan fingerprint density at radius 1 is 0.967 bits per heavy atom. The van der Waals surface area contributed by atoms with E-state index < -0.39 is 0 Å². The van der Waals surface area contributed by atoms with E-state index in [0.29, 0.717) is 23.4 Å². The molecule has 1 fully saturated rings. The normalized spacial score (nSPS) is 15.1. The highest BCUT2D eigenvalue weighted by Crippen LogP contribution is 2.21. The van der Waals surface area contributed by atoms with E-state index in [2.05, 4.69) is 22.2 Å². The number of anilines is 1. The standard InChI is InChI=1S/C24H26N4O2/c1-17-8-9-19(24(30)28-11-5-10-27(2)12-13-28)15-22(17)26-23(29)20-14-18-6-3-4-7-21(18)25-16-20/h3-4,6-9,14-16H,5,10-13H2,1-2H3,(H,26,29). The lowest BCUT2D eigenvalue weighted by molar-refractivity contribution is 0.0762. The van der Waals surface area contributed by atoms with Crippen LogP contribution in [0, 0.1) is 6.92 Å². The molecule has 1 aromatic heterocycles. The first-order valence-corrected chi connectivity index (χ1v) is 10.3. The van der Waals surface area contributed by atoms with Gasteiger partial charge < -0.3 is 15.1 Å². The summed E-state index contributed by atoms with van der Waals surface area (Å²) in [6, 6.07) is 15.0. The minimum atomic E-state index is -0.239. The second kappa shape index (κ2) is 8.63. The predicted octanol–water partition coefficient (Wildman–Crippen LogP) is 3.57. The van der Waals surface area contributed by atoms with E-state index in [1.807, 2.05) is 54.3 Å². The molecular formula is C24H26N4O2. The van der Waals surface area contributed by atoms with Crippen molar-refractivity contribution >= 4 is 28.4 Å². The molecule has 0 aliphatic carbocycles. The van der Waals surface area contributed by atoms with Crippen LogP contribution in [-0.4, -0.2) is 59.8 Å². The molecule has 1 aliphatic rings. The highest BCUT2D eigenvalue weighted by molar-refractivity contribution is 6.06. The fourth-order valence-electron chi connectivity index (χ4n) is 3.71. The number of carbonyl (C=O) groups excluding carboxylic acids is 2. The highest BCUT2D eigenvalue weighted by atomic mass is 16.2. The third-order valence-electron chi connectivity index (χ3n) is 5.59. The van der Waals surface area contributed by atoms with Gasteiger partial charge in [-0.25, -0.2) is 0 Å². The first kappa shape index (κ1) is 20.0. The Bertz CT molecular complexity index is 1100. The van der Waals surface area contributed by atoms with Crippen LogP contribution >= 0.6 is 0 Å². The maximum Gasteiger partial charge on any atom is 0.257 e. The van der Waals surface area contributed by atoms with E-state index in [4.69, 9.17) is 0 Å². The number of benzene rings is 2. The third kappa shape index (κ3) is 4.33. The Kier molecular flexibility index (Phi) is 5.77. The maximum atomic E-state index is 13.0. The summed E-state index contributed by atoms with van der Waals surface area (Å²) in [6.07, 6.45) is 2.54. The van der Waals surface area contributed by atoms with Gasteiger partial charge in [-0.15, -0.1) is 0 Å². The van der Waals surface area contributed by atoms with E-state index in [-0.39, 0.29) is 11.8 Å². The van der Waals surface area contributed by atoms with Crippen LogP contribution in [0.1, 0.15) is 32.7 Å². The SMILES string of the molecule is Cc1ccc(C(=O)N2CCCN(C)CC2)cc1NC(=O)c1cnc2ccccc2c1. The number of carbonyl (C=O) groups is 2. The summed E-state index contributed by atoms with van der Waals surface area (Å²) in [5.74, 6) is -0.231. The van der Waals surface area contributed by atoms with Gasteiger partial charge in [-0.3, -0.25) is 14.6 Å². The fraction of sp³-hybridized carbons (Fsp3) is 0.292. The average molecular weight is 402 g/mol. The number of para-hydroxylation sites is 1. The Labute approximate surface area is 176 Å². The molecule has 1 N–H and O–H groups in total. The molecule has 0 saturated carbocycles. The van der Waals surface area contributed by atoms with Crippen LogP contribution in [0.3, 0.4) is 0 Å². The van der Waals surface area contributed by atoms with E-state index in [9.17, 15) is 9.59 Å². The zero-order chi connectivity index (χ0) is 21.1. The number of pyridine rings is 1. The number of amides is 2. The predicted molar refractivity (Wildman–Crippen MR) is 119 cm³/mol. The van der Waals surface area contributed by atoms with Crippen molar-refractivity contribution in [3.8, 4) is 0 Å². The van der Waals surface area contributed by atoms with Crippen LogP contribution in [0.15, 0.2) is 54.7 Å². The highest BCUT2D eigenvalue weighted by Gasteiger charge is 2.20. The topological polar surface area (TPSA) is 65.5 Å². The fourth-order valence-corrected chi connectivity index (χ4v) is 3.71. The number of hydrogen-bond acceptors (Lipinski definition) is 4. The summed E-state index contributed by atoms with van der Waals surface area (Å²) in [7, 11) is 2.08. The van der Waals surface area contributed by atoms with Gasteiger partial charge in [0.1, 0.15) is 0 Å². The number of likely N-dealkylation sites (N-methyl/N-ethyl adjacent to an activating group) is 1. The molecule has 0 atom stereocenters. The van der Waals surface area contributed by atoms with Gasteiger partial charge >= 0.3 is 0 Å². The quantitative estimate of drug-likeness (QED) is 0.727. The molecular weight excluding hydrogens is 376 g/mol. The molecule has 0 unspecified atom stereocenters. The maximum absolute atomic E-state index is 13.0. The van der Waals surface area contributed by atoms with Crippen LogP contribution in [-0.2, 0) is 0 Å². The van der Waals surface area contributed by atoms with Gasteiger partial charge in [0.2, 0.25) is 0 Å². The molecule has 2 heterocycles. The van der Waals surface area contributed by atoms with Crippen molar-refractivity contribution in [2.24, 2.45) is 0 Å². The summed E-state index contributed by atoms with van der Waals surface area (Å²) in [5, 5.41) is 3.86. The van der Waals surface area contributed by atoms with Gasteiger partial charge in [-0.05, 0) is 56.8 Å². The molecule has 2 aromatic carbocycles. The number of aromatic nitrogens is 1. The summed E-state index contributed by atoms with van der Waals surface area (Å²) >= 11 is 0. The Hall–Kier alpha value is -3.25. The number of rotatable bonds is 3. The van der Waals surface area contributed by atoms with E-state index in [1.165, 1.54) is 0 Å². The summed E-state index contributed by atoms with van der Waals surface area (Å²) in [6.45, 7) is 5.26. The van der Waals surface area contributed by atoms with Gasteiger partial charge in [0, 0.05) is 42.5 Å². The average Bonchev–Trinajstić information content (AvgIpc) is 2.98. The summed E-state index contributed by atoms with van der Waals surface area (Å²) < 4.78 is 0. The molecule has 6 heteroatoms. The van der Waals surface area contributed by atoms with E-state index in [0.717, 1.165) is 42.5 Å². The van der Waals surface area contributed by atoms with Gasteiger partial charge in [0.15, 0.2) is 0 Å². The number of hydrogen-bond donors (Lipinski definition) is 1. The lowest BCUT2D eigenvalue weighted by atomic mass is 10.1. The van der Waals surface area contributed by atoms with Crippen LogP contribution in [0.4, 0.5) is 5.69 Å². The molecule has 154 valence electrons. The van der Waals surface area contributed by atoms with Crippen LogP contribution < -0.4 is 5.32 Å². The van der Waals surface area contributed by atoms with Crippen molar-refractivity contribution in [1.29, 1.82) is 0 Å². The molecule has 2 amide bonds. The monoisotopic (exact) mass is 402 g/mol. The molecule has 4 rings (SSSR count). The molecule has 3 aromatic rings. The number of fused-ring (bicyclic) bond motifs is 1. The zero-order valence-corrected chi connectivity index (χ0v) is 17.4. The van der Waals surface area contributed by atoms with Crippen molar-refractivity contribution in [1.82, 2.24) is 14.8 Å². The van der Waals surface area contributed by atoms with Crippen molar-refractivity contribution in [2.45, 2.75) is 13.3 Å². The van der Waals surface area contributed by atoms with Crippen molar-refractivity contribution in [3.05, 3.63) is 71.4 Å². The largest absolute Gasteiger partial charge is 0.337 e. The third-order valence-corrected chi connectivity index (χ3v) is 5.59. The van der Waals surface area contributed by atoms with Gasteiger partial charge in [-0.1, -0.05) is 24.3 Å². The van der Waals surface area contributed by atoms with Gasteiger partial charge in [0.05, 0.1) is 11.1 Å². The zero-order valence-electron chi connectivity index (χ0n) is 17.4. The molecule has 30 heavy (non-hydrogen) atoms. The van der Waals surface area contributed by atoms with E-state index >= 15 is 0 Å². The minimum Gasteiger partial charge on any atom is -0.337 e. The molecule has 6 nitrogen and oxygen atoms in total. The smallest absolute Gasteiger partial charge is 0.257 e. The molecule has 0 bridgehead atoms. The van der Waals surface area contributed by atoms with Crippen molar-refractivity contribution < 1.29 is 9.59 Å². The minimum absolute atomic E-state index is 0.00757. The summed E-state index contributed by atoms with van der Waals surface area (Å²) in [5.41, 5.74) is 3.48. The second-order valence-electron chi connectivity index (χ2n) is 7.85. The first-order chi connectivity index (χ1) is 14.5. The second-order valence-corrected chi connectivity index (χ2v) is 7.85. The number of nitrogens with zero attached hydrogens (tertiary/aromatic N) is 3. The lowest BCUT2D eigenvalue weighted by Gasteiger charge is -2.21. The van der Waals surface area contributed by atoms with Crippen molar-refractivity contribution in [3.63, 3.8) is 0 Å². The molecule has 0 radical (unpaired) electrons. The van der Waals surface area contributed by atoms with Crippen molar-refractivity contribution in [2.75, 3.05) is 38.5 Å². The van der Waals surface area contributed by atoms with Gasteiger partial charge in [0.25, 0.3) is 11.8 Å². The van der Waals surface area contributed by atoms with Crippen LogP contribution in [0.2, 0.25) is 0 Å². The number of aryl methyl sites for hydroxylation is 1. The van der Waals surface area contributed by atoms with E-state index in [1.54, 1.807) is 12.3 Å². The summed E-state index contributed by atoms with van der Waals surface area (Å²) in [4.78, 5) is 34.3. The Morgan fingerprint density at radius 3 is 2.67 bits per heavy atom. The molecule has 0 spiro atoms. The number of nitrogens with one attached hydrogen (secondary N) is 1. The molecule has 1 saturated heterocycles. The Morgan fingerprint density at radius 2 is 1.80 bits per heavy atom. The lowest BCUT2D eigenvalue weighted by Crippen LogP contribution is -2.34. The molecule has 1 aliphatic heterocycles. The van der Waals surface area contributed by atoms with Crippen LogP contribution in [0.5, 0.6) is 0 Å².